The average molecular weight is 659 g/mol. The molecule has 0 spiro atoms. The van der Waals surface area contributed by atoms with Gasteiger partial charge >= 0.3 is 11.9 Å². The van der Waals surface area contributed by atoms with Gasteiger partial charge in [-0.2, -0.15) is 0 Å². The Kier molecular flexibility index (Phi) is 13.4. The number of aliphatic hydroxyl groups excluding tert-OH is 1. The Balaban J connectivity index is 1.95. The summed E-state index contributed by atoms with van der Waals surface area (Å²) in [7, 11) is 4.93. The summed E-state index contributed by atoms with van der Waals surface area (Å²) in [5.74, 6) is -1.56. The number of hydrogen-bond acceptors (Lipinski definition) is 10. The predicted molar refractivity (Wildman–Crippen MR) is 184 cm³/mol. The molecule has 0 saturated carbocycles. The first-order valence-electron chi connectivity index (χ1n) is 15.6. The lowest BCUT2D eigenvalue weighted by Crippen LogP contribution is -2.31. The van der Waals surface area contributed by atoms with E-state index in [1.807, 2.05) is 29.2 Å². The highest BCUT2D eigenvalue weighted by Crippen LogP contribution is 2.37. The zero-order chi connectivity index (χ0) is 34.5. The van der Waals surface area contributed by atoms with E-state index >= 15 is 0 Å². The van der Waals surface area contributed by atoms with Crippen LogP contribution in [0, 0.1) is 0 Å². The van der Waals surface area contributed by atoms with Crippen molar-refractivity contribution in [1.82, 2.24) is 9.97 Å². The molecule has 1 aromatic heterocycles. The molecule has 3 aromatic carbocycles. The number of anilines is 2. The van der Waals surface area contributed by atoms with Crippen LogP contribution >= 0.6 is 0 Å². The van der Waals surface area contributed by atoms with E-state index in [4.69, 9.17) is 24.2 Å². The molecule has 48 heavy (non-hydrogen) atoms. The minimum atomic E-state index is -1.04. The Morgan fingerprint density at radius 3 is 1.44 bits per heavy atom. The van der Waals surface area contributed by atoms with Crippen molar-refractivity contribution in [3.63, 3.8) is 0 Å². The molecular formula is C36H42N4O8. The number of methoxy groups -OCH3 is 3. The standard InChI is InChI=1S/C36H42N4O8/c1-46-22-18-39(19-23-47-2)30-15-13-26(14-16-30)31-32(25-5-9-28(10-6-25)35(42)43)38-34(40(17-4-21-41)20-24-48-3)33(37-31)27-7-11-29(12-8-27)36(44)45/h5-16,41H,4,17-24H2,1-3H3,(H,42,43)(H,44,45). The van der Waals surface area contributed by atoms with Gasteiger partial charge in [-0.3, -0.25) is 0 Å². The fourth-order valence-electron chi connectivity index (χ4n) is 5.17. The number of carboxylic acid groups (broad SMARTS) is 2. The Morgan fingerprint density at radius 2 is 1.00 bits per heavy atom. The van der Waals surface area contributed by atoms with E-state index in [-0.39, 0.29) is 17.7 Å². The first-order chi connectivity index (χ1) is 23.3. The fourth-order valence-corrected chi connectivity index (χ4v) is 5.17. The van der Waals surface area contributed by atoms with Crippen LogP contribution in [0.25, 0.3) is 33.8 Å². The van der Waals surface area contributed by atoms with Crippen LogP contribution in [0.15, 0.2) is 72.8 Å². The molecule has 0 aliphatic rings. The van der Waals surface area contributed by atoms with Crippen molar-refractivity contribution in [3.8, 4) is 33.8 Å². The number of rotatable bonds is 19. The van der Waals surface area contributed by atoms with Crippen molar-refractivity contribution in [2.45, 2.75) is 6.42 Å². The fraction of sp³-hybridized carbons (Fsp3) is 0.333. The van der Waals surface area contributed by atoms with Gasteiger partial charge in [0.1, 0.15) is 5.69 Å². The number of aromatic carboxylic acids is 2. The third-order valence-corrected chi connectivity index (χ3v) is 7.78. The largest absolute Gasteiger partial charge is 0.478 e. The molecule has 254 valence electrons. The maximum atomic E-state index is 11.6. The summed E-state index contributed by atoms with van der Waals surface area (Å²) in [4.78, 5) is 37.8. The lowest BCUT2D eigenvalue weighted by Gasteiger charge is -2.27. The summed E-state index contributed by atoms with van der Waals surface area (Å²) < 4.78 is 16.0. The van der Waals surface area contributed by atoms with E-state index in [2.05, 4.69) is 4.90 Å². The van der Waals surface area contributed by atoms with Crippen molar-refractivity contribution in [2.75, 3.05) is 83.7 Å². The van der Waals surface area contributed by atoms with E-state index in [1.165, 1.54) is 24.3 Å². The molecule has 0 amide bonds. The Morgan fingerprint density at radius 1 is 0.583 bits per heavy atom. The van der Waals surface area contributed by atoms with Gasteiger partial charge in [0.25, 0.3) is 0 Å². The van der Waals surface area contributed by atoms with E-state index < -0.39 is 11.9 Å². The predicted octanol–water partition coefficient (Wildman–Crippen LogP) is 4.81. The van der Waals surface area contributed by atoms with E-state index in [0.717, 1.165) is 11.3 Å². The van der Waals surface area contributed by atoms with Gasteiger partial charge < -0.3 is 39.3 Å². The second kappa shape index (κ2) is 17.9. The van der Waals surface area contributed by atoms with Crippen LogP contribution in [-0.2, 0) is 14.2 Å². The smallest absolute Gasteiger partial charge is 0.335 e. The van der Waals surface area contributed by atoms with E-state index in [0.29, 0.717) is 86.4 Å². The van der Waals surface area contributed by atoms with Crippen molar-refractivity contribution in [3.05, 3.63) is 83.9 Å². The third kappa shape index (κ3) is 9.14. The van der Waals surface area contributed by atoms with Gasteiger partial charge in [0.2, 0.25) is 0 Å². The van der Waals surface area contributed by atoms with Crippen molar-refractivity contribution in [1.29, 1.82) is 0 Å². The van der Waals surface area contributed by atoms with Gasteiger partial charge in [-0.05, 0) is 42.8 Å². The number of carbonyl (C=O) groups is 2. The van der Waals surface area contributed by atoms with E-state index in [9.17, 15) is 24.9 Å². The summed E-state index contributed by atoms with van der Waals surface area (Å²) in [6, 6.07) is 20.9. The van der Waals surface area contributed by atoms with Crippen LogP contribution in [0.2, 0.25) is 0 Å². The Labute approximate surface area is 280 Å². The van der Waals surface area contributed by atoms with Crippen molar-refractivity contribution >= 4 is 23.4 Å². The highest BCUT2D eigenvalue weighted by atomic mass is 16.5. The summed E-state index contributed by atoms with van der Waals surface area (Å²) in [5, 5.41) is 28.7. The molecule has 4 aromatic rings. The maximum absolute atomic E-state index is 11.6. The van der Waals surface area contributed by atoms with Gasteiger partial charge in [-0.1, -0.05) is 36.4 Å². The van der Waals surface area contributed by atoms with Crippen molar-refractivity contribution in [2.24, 2.45) is 0 Å². The molecule has 1 heterocycles. The Hall–Kier alpha value is -4.88. The second-order valence-corrected chi connectivity index (χ2v) is 10.9. The molecule has 4 rings (SSSR count). The SMILES string of the molecule is COCCN(CCOC)c1ccc(-c2nc(-c3ccc(C(=O)O)cc3)c(N(CCCO)CCOC)nc2-c2ccc(C(=O)O)cc2)cc1. The molecule has 3 N–H and O–H groups in total. The summed E-state index contributed by atoms with van der Waals surface area (Å²) in [6.07, 6.45) is 0.470. The number of nitrogens with zero attached hydrogens (tertiary/aromatic N) is 4. The number of carboxylic acids is 2. The van der Waals surface area contributed by atoms with E-state index in [1.54, 1.807) is 45.6 Å². The molecule has 0 unspecified atom stereocenters. The van der Waals surface area contributed by atoms with Crippen LogP contribution in [0.5, 0.6) is 0 Å². The van der Waals surface area contributed by atoms with Crippen LogP contribution in [-0.4, -0.2) is 111 Å². The first kappa shape index (κ1) is 36.0. The van der Waals surface area contributed by atoms with Crippen LogP contribution < -0.4 is 9.80 Å². The average Bonchev–Trinajstić information content (AvgIpc) is 3.11. The highest BCUT2D eigenvalue weighted by molar-refractivity contribution is 5.91. The molecule has 12 heteroatoms. The minimum Gasteiger partial charge on any atom is -0.478 e. The third-order valence-electron chi connectivity index (χ3n) is 7.78. The lowest BCUT2D eigenvalue weighted by atomic mass is 10.0. The van der Waals surface area contributed by atoms with Crippen LogP contribution in [0.1, 0.15) is 27.1 Å². The number of aliphatic hydroxyl groups is 1. The zero-order valence-electron chi connectivity index (χ0n) is 27.5. The molecule has 0 radical (unpaired) electrons. The van der Waals surface area contributed by atoms with Gasteiger partial charge in [0.15, 0.2) is 5.82 Å². The molecular weight excluding hydrogens is 616 g/mol. The zero-order valence-corrected chi connectivity index (χ0v) is 27.5. The van der Waals surface area contributed by atoms with Crippen LogP contribution in [0.3, 0.4) is 0 Å². The van der Waals surface area contributed by atoms with Gasteiger partial charge in [-0.25, -0.2) is 19.6 Å². The van der Waals surface area contributed by atoms with Gasteiger partial charge in [-0.15, -0.1) is 0 Å². The summed E-state index contributed by atoms with van der Waals surface area (Å²) >= 11 is 0. The minimum absolute atomic E-state index is 0.0285. The molecule has 0 aliphatic heterocycles. The molecule has 0 bridgehead atoms. The number of hydrogen-bond donors (Lipinski definition) is 3. The molecule has 0 atom stereocenters. The quantitative estimate of drug-likeness (QED) is 0.127. The lowest BCUT2D eigenvalue weighted by molar-refractivity contribution is 0.0686. The van der Waals surface area contributed by atoms with Crippen molar-refractivity contribution < 1.29 is 39.1 Å². The molecule has 0 aliphatic carbocycles. The van der Waals surface area contributed by atoms with Crippen LogP contribution in [0.4, 0.5) is 11.5 Å². The first-order valence-corrected chi connectivity index (χ1v) is 15.6. The molecule has 0 fully saturated rings. The number of ether oxygens (including phenoxy) is 3. The van der Waals surface area contributed by atoms with Gasteiger partial charge in [0.05, 0.1) is 42.3 Å². The molecule has 0 saturated heterocycles. The summed E-state index contributed by atoms with van der Waals surface area (Å²) in [5.41, 5.74) is 4.96. The van der Waals surface area contributed by atoms with Gasteiger partial charge in [0, 0.05) is 76.5 Å². The summed E-state index contributed by atoms with van der Waals surface area (Å²) in [6.45, 7) is 3.73. The maximum Gasteiger partial charge on any atom is 0.335 e. The monoisotopic (exact) mass is 658 g/mol. The number of aromatic nitrogens is 2. The molecule has 12 nitrogen and oxygen atoms in total. The topological polar surface area (TPSA) is 155 Å². The number of benzene rings is 3. The highest BCUT2D eigenvalue weighted by Gasteiger charge is 2.23. The Bertz CT molecular complexity index is 1610. The normalized spacial score (nSPS) is 11.0. The second-order valence-electron chi connectivity index (χ2n) is 10.9.